The average molecular weight is 478 g/mol. The first-order chi connectivity index (χ1) is 16.3. The summed E-state index contributed by atoms with van der Waals surface area (Å²) in [5, 5.41) is 50.0. The van der Waals surface area contributed by atoms with Gasteiger partial charge in [0.1, 0.15) is 24.1 Å². The molecule has 1 saturated heterocycles. The smallest absolute Gasteiger partial charge is 0.331 e. The molecule has 0 radical (unpaired) electrons. The lowest BCUT2D eigenvalue weighted by Crippen LogP contribution is -2.61. The number of methoxy groups -OCH3 is 2. The second kappa shape index (κ2) is 11.1. The second-order valence-electron chi connectivity index (χ2n) is 7.32. The number of aliphatic hydroxyl groups excluding tert-OH is 3. The largest absolute Gasteiger partial charge is 0.504 e. The number of carbonyl (C=O) groups is 1. The monoisotopic (exact) mass is 478 g/mol. The van der Waals surface area contributed by atoms with Crippen LogP contribution in [0.1, 0.15) is 5.56 Å². The molecule has 2 aromatic rings. The van der Waals surface area contributed by atoms with Gasteiger partial charge in [-0.05, 0) is 35.9 Å². The van der Waals surface area contributed by atoms with Crippen LogP contribution >= 0.6 is 0 Å². The fourth-order valence-corrected chi connectivity index (χ4v) is 3.30. The molecule has 5 unspecified atom stereocenters. The quantitative estimate of drug-likeness (QED) is 0.266. The third-order valence-corrected chi connectivity index (χ3v) is 5.09. The van der Waals surface area contributed by atoms with Crippen molar-refractivity contribution < 1.29 is 54.0 Å². The molecular weight excluding hydrogens is 452 g/mol. The molecule has 1 aliphatic rings. The maximum absolute atomic E-state index is 12.3. The Balaban J connectivity index is 1.67. The van der Waals surface area contributed by atoms with E-state index in [4.69, 9.17) is 23.7 Å². The van der Waals surface area contributed by atoms with E-state index in [1.807, 2.05) is 0 Å². The van der Waals surface area contributed by atoms with E-state index >= 15 is 0 Å². The molecule has 0 aromatic heterocycles. The molecule has 1 fully saturated rings. The molecule has 1 heterocycles. The van der Waals surface area contributed by atoms with Gasteiger partial charge >= 0.3 is 5.97 Å². The van der Waals surface area contributed by atoms with E-state index in [-0.39, 0.29) is 28.7 Å². The van der Waals surface area contributed by atoms with Crippen molar-refractivity contribution in [1.29, 1.82) is 0 Å². The lowest BCUT2D eigenvalue weighted by Gasteiger charge is -2.41. The van der Waals surface area contributed by atoms with Gasteiger partial charge in [-0.1, -0.05) is 6.07 Å². The molecule has 11 heteroatoms. The lowest BCUT2D eigenvalue weighted by atomic mass is 9.99. The zero-order chi connectivity index (χ0) is 24.8. The minimum atomic E-state index is -1.64. The zero-order valence-electron chi connectivity index (χ0n) is 18.4. The van der Waals surface area contributed by atoms with Crippen LogP contribution in [0.5, 0.6) is 28.7 Å². The number of esters is 1. The molecule has 34 heavy (non-hydrogen) atoms. The molecule has 2 aromatic carbocycles. The van der Waals surface area contributed by atoms with Crippen LogP contribution in [0.25, 0.3) is 6.08 Å². The number of carbonyl (C=O) groups excluding carboxylic acids is 1. The summed E-state index contributed by atoms with van der Waals surface area (Å²) < 4.78 is 26.3. The Morgan fingerprint density at radius 3 is 2.29 bits per heavy atom. The fraction of sp³-hybridized carbons (Fsp3) is 0.348. The number of ether oxygens (including phenoxy) is 5. The number of hydrogen-bond donors (Lipinski definition) is 5. The van der Waals surface area contributed by atoms with Crippen molar-refractivity contribution in [2.75, 3.05) is 20.8 Å². The van der Waals surface area contributed by atoms with Crippen molar-refractivity contribution in [3.05, 3.63) is 48.0 Å². The van der Waals surface area contributed by atoms with E-state index in [1.165, 1.54) is 50.6 Å². The third-order valence-electron chi connectivity index (χ3n) is 5.09. The Morgan fingerprint density at radius 2 is 1.65 bits per heavy atom. The highest BCUT2D eigenvalue weighted by Crippen LogP contribution is 2.32. The molecule has 5 atom stereocenters. The average Bonchev–Trinajstić information content (AvgIpc) is 2.84. The van der Waals surface area contributed by atoms with Gasteiger partial charge in [0, 0.05) is 12.1 Å². The maximum atomic E-state index is 12.3. The highest BCUT2D eigenvalue weighted by Gasteiger charge is 2.47. The topological polar surface area (TPSA) is 164 Å². The molecule has 0 bridgehead atoms. The van der Waals surface area contributed by atoms with Crippen molar-refractivity contribution in [2.45, 2.75) is 30.7 Å². The Hall–Kier alpha value is -3.51. The summed E-state index contributed by atoms with van der Waals surface area (Å²) in [4.78, 5) is 12.3. The van der Waals surface area contributed by atoms with Crippen molar-refractivity contribution >= 4 is 12.0 Å². The molecule has 184 valence electrons. The highest BCUT2D eigenvalue weighted by atomic mass is 16.7. The van der Waals surface area contributed by atoms with Crippen molar-refractivity contribution in [3.8, 4) is 28.7 Å². The number of aliphatic hydroxyl groups is 3. The van der Waals surface area contributed by atoms with Gasteiger partial charge < -0.3 is 49.2 Å². The van der Waals surface area contributed by atoms with E-state index in [1.54, 1.807) is 6.07 Å². The normalized spacial score (nSPS) is 24.6. The van der Waals surface area contributed by atoms with Gasteiger partial charge in [-0.2, -0.15) is 0 Å². The number of aromatic hydroxyl groups is 2. The second-order valence-corrected chi connectivity index (χ2v) is 7.32. The molecule has 1 aliphatic heterocycles. The van der Waals surface area contributed by atoms with Crippen molar-refractivity contribution in [2.24, 2.45) is 0 Å². The minimum absolute atomic E-state index is 0.0630. The summed E-state index contributed by atoms with van der Waals surface area (Å²) >= 11 is 0. The summed E-state index contributed by atoms with van der Waals surface area (Å²) in [6, 6.07) is 8.48. The third kappa shape index (κ3) is 5.69. The molecule has 11 nitrogen and oxygen atoms in total. The predicted molar refractivity (Wildman–Crippen MR) is 117 cm³/mol. The van der Waals surface area contributed by atoms with E-state index in [0.717, 1.165) is 6.08 Å². The van der Waals surface area contributed by atoms with E-state index in [2.05, 4.69) is 0 Å². The number of rotatable bonds is 8. The summed E-state index contributed by atoms with van der Waals surface area (Å²) in [7, 11) is 2.73. The molecule has 5 N–H and O–H groups in total. The van der Waals surface area contributed by atoms with E-state index < -0.39 is 43.3 Å². The molecule has 0 aliphatic carbocycles. The summed E-state index contributed by atoms with van der Waals surface area (Å²) in [6.45, 7) is -0.640. The van der Waals surface area contributed by atoms with Crippen molar-refractivity contribution in [3.63, 3.8) is 0 Å². The van der Waals surface area contributed by atoms with Crippen LogP contribution in [-0.4, -0.2) is 83.0 Å². The molecular formula is C23H26O11. The Morgan fingerprint density at radius 1 is 1.00 bits per heavy atom. The molecule has 3 rings (SSSR count). The van der Waals surface area contributed by atoms with Gasteiger partial charge in [0.25, 0.3) is 0 Å². The number of phenolic OH excluding ortho intramolecular Hbond substituents is 2. The number of hydrogen-bond acceptors (Lipinski definition) is 11. The standard InChI is InChI=1S/C23H26O11/c1-30-16-9-12(3-6-14(16)25)4-8-19(27)34-22-18(11-24)33-23(21(29)20(22)28)32-13-5-7-15(26)17(10-13)31-2/h3-10,18,20-26,28-29H,11H2,1-2H3. The first kappa shape index (κ1) is 25.1. The van der Waals surface area contributed by atoms with E-state index in [9.17, 15) is 30.3 Å². The van der Waals surface area contributed by atoms with Gasteiger partial charge in [-0.3, -0.25) is 0 Å². The van der Waals surface area contributed by atoms with Gasteiger partial charge in [0.05, 0.1) is 20.8 Å². The SMILES string of the molecule is COc1cc(C=CC(=O)OC2C(CO)OC(Oc3ccc(O)c(OC)c3)C(O)C2O)ccc1O. The van der Waals surface area contributed by atoms with Crippen LogP contribution in [0.4, 0.5) is 0 Å². The van der Waals surface area contributed by atoms with Gasteiger partial charge in [-0.25, -0.2) is 4.79 Å². The van der Waals surface area contributed by atoms with Crippen molar-refractivity contribution in [1.82, 2.24) is 0 Å². The van der Waals surface area contributed by atoms with Crippen LogP contribution in [0, 0.1) is 0 Å². The van der Waals surface area contributed by atoms with Gasteiger partial charge in [0.2, 0.25) is 6.29 Å². The zero-order valence-corrected chi connectivity index (χ0v) is 18.4. The van der Waals surface area contributed by atoms with E-state index in [0.29, 0.717) is 5.56 Å². The van der Waals surface area contributed by atoms with Gasteiger partial charge in [-0.15, -0.1) is 0 Å². The summed E-state index contributed by atoms with van der Waals surface area (Å²) in [5.41, 5.74) is 0.531. The van der Waals surface area contributed by atoms with Gasteiger partial charge in [0.15, 0.2) is 29.1 Å². The summed E-state index contributed by atoms with van der Waals surface area (Å²) in [6.07, 6.45) is -4.79. The van der Waals surface area contributed by atoms with Crippen LogP contribution in [-0.2, 0) is 14.3 Å². The first-order valence-corrected chi connectivity index (χ1v) is 10.2. The maximum Gasteiger partial charge on any atom is 0.331 e. The molecule has 0 amide bonds. The summed E-state index contributed by atoms with van der Waals surface area (Å²) in [5.74, 6) is -0.566. The first-order valence-electron chi connectivity index (χ1n) is 10.2. The fourth-order valence-electron chi connectivity index (χ4n) is 3.30. The predicted octanol–water partition coefficient (Wildman–Crippen LogP) is 0.558. The molecule has 0 saturated carbocycles. The number of phenols is 2. The Kier molecular flexibility index (Phi) is 8.18. The lowest BCUT2D eigenvalue weighted by molar-refractivity contribution is -0.280. The Labute approximate surface area is 195 Å². The van der Waals surface area contributed by atoms with Crippen LogP contribution < -0.4 is 14.2 Å². The molecule has 0 spiro atoms. The number of benzene rings is 2. The minimum Gasteiger partial charge on any atom is -0.504 e. The van der Waals surface area contributed by atoms with Crippen LogP contribution in [0.15, 0.2) is 42.5 Å². The highest BCUT2D eigenvalue weighted by molar-refractivity contribution is 5.87. The van der Waals surface area contributed by atoms with Crippen LogP contribution in [0.2, 0.25) is 0 Å². The van der Waals surface area contributed by atoms with Crippen LogP contribution in [0.3, 0.4) is 0 Å². The Bertz CT molecular complexity index is 1020.